The van der Waals surface area contributed by atoms with Crippen molar-refractivity contribution >= 4 is 39.7 Å². The number of nitrogens with zero attached hydrogens (tertiary/aromatic N) is 1. The molecule has 3 atom stereocenters. The van der Waals surface area contributed by atoms with Gasteiger partial charge in [-0.25, -0.2) is 18.0 Å². The molecule has 0 aliphatic carbocycles. The van der Waals surface area contributed by atoms with Gasteiger partial charge in [-0.3, -0.25) is 19.3 Å². The monoisotopic (exact) mass is 593 g/mol. The molecule has 13 nitrogen and oxygen atoms in total. The number of benzene rings is 1. The third kappa shape index (κ3) is 7.63. The van der Waals surface area contributed by atoms with Crippen molar-refractivity contribution in [3.63, 3.8) is 0 Å². The Bertz CT molecular complexity index is 1350. The molecule has 1 fully saturated rings. The molecule has 0 radical (unpaired) electrons. The number of hydrogen-bond donors (Lipinski definition) is 2. The molecule has 2 aliphatic rings. The minimum Gasteiger partial charge on any atom is -0.461 e. The van der Waals surface area contributed by atoms with Crippen molar-refractivity contribution in [1.29, 1.82) is 0 Å². The first kappa shape index (κ1) is 31.6. The Morgan fingerprint density at radius 3 is 2.24 bits per heavy atom. The largest absolute Gasteiger partial charge is 0.461 e. The Morgan fingerprint density at radius 1 is 1.05 bits per heavy atom. The van der Waals surface area contributed by atoms with Gasteiger partial charge in [-0.15, -0.1) is 0 Å². The highest BCUT2D eigenvalue weighted by Crippen LogP contribution is 2.38. The molecular weight excluding hydrogens is 558 g/mol. The Labute approximate surface area is 238 Å². The summed E-state index contributed by atoms with van der Waals surface area (Å²) in [5, 5.41) is 3.27. The second-order valence-corrected chi connectivity index (χ2v) is 13.2. The maximum atomic E-state index is 13.2. The Kier molecular flexibility index (Phi) is 9.47. The Balaban J connectivity index is 1.80. The van der Waals surface area contributed by atoms with Crippen LogP contribution in [0.4, 0.5) is 4.79 Å². The maximum absolute atomic E-state index is 13.2. The fraction of sp³-hybridized carbons (Fsp3) is 0.519. The third-order valence-corrected chi connectivity index (χ3v) is 8.11. The molecule has 41 heavy (non-hydrogen) atoms. The van der Waals surface area contributed by atoms with E-state index in [2.05, 4.69) is 10.6 Å². The van der Waals surface area contributed by atoms with Crippen LogP contribution in [0.15, 0.2) is 41.6 Å². The number of β-lactam (4-membered cyclic amide) rings is 1. The van der Waals surface area contributed by atoms with Crippen LogP contribution in [0.3, 0.4) is 0 Å². The summed E-state index contributed by atoms with van der Waals surface area (Å²) >= 11 is 0. The molecular formula is C27H35N3O10S. The summed E-state index contributed by atoms with van der Waals surface area (Å²) < 4.78 is 42.0. The van der Waals surface area contributed by atoms with Gasteiger partial charge in [0.15, 0.2) is 15.2 Å². The van der Waals surface area contributed by atoms with Crippen molar-refractivity contribution in [2.45, 2.75) is 71.2 Å². The minimum absolute atomic E-state index is 0.0368. The number of carbonyl (C=O) groups is 5. The minimum atomic E-state index is -4.15. The molecule has 2 aliphatic heterocycles. The lowest BCUT2D eigenvalue weighted by molar-refractivity contribution is -0.159. The van der Waals surface area contributed by atoms with Crippen LogP contribution < -0.4 is 10.6 Å². The maximum Gasteiger partial charge on any atom is 0.408 e. The number of esters is 2. The highest BCUT2D eigenvalue weighted by Gasteiger charge is 2.61. The highest BCUT2D eigenvalue weighted by atomic mass is 32.2. The van der Waals surface area contributed by atoms with E-state index in [0.717, 1.165) is 17.4 Å². The summed E-state index contributed by atoms with van der Waals surface area (Å²) in [7, 11) is -4.15. The second-order valence-electron chi connectivity index (χ2n) is 11.1. The van der Waals surface area contributed by atoms with Crippen molar-refractivity contribution in [3.05, 3.63) is 47.2 Å². The number of alkyl carbamates (subject to hydrolysis) is 1. The lowest BCUT2D eigenvalue weighted by atomic mass is 9.99. The Hall–Kier alpha value is -3.94. The zero-order valence-electron chi connectivity index (χ0n) is 23.8. The zero-order chi connectivity index (χ0) is 30.7. The summed E-state index contributed by atoms with van der Waals surface area (Å²) in [6.45, 7) is 8.63. The lowest BCUT2D eigenvalue weighted by Gasteiger charge is -2.49. The quantitative estimate of drug-likeness (QED) is 0.240. The first-order valence-electron chi connectivity index (χ1n) is 12.9. The van der Waals surface area contributed by atoms with Crippen LogP contribution in [0.25, 0.3) is 0 Å². The molecule has 0 aromatic heterocycles. The van der Waals surface area contributed by atoms with E-state index in [0.29, 0.717) is 0 Å². The van der Waals surface area contributed by atoms with Gasteiger partial charge in [0, 0.05) is 12.5 Å². The van der Waals surface area contributed by atoms with Gasteiger partial charge in [0.25, 0.3) is 5.91 Å². The van der Waals surface area contributed by atoms with E-state index in [4.69, 9.17) is 14.2 Å². The first-order valence-corrected chi connectivity index (χ1v) is 14.6. The normalized spacial score (nSPS) is 20.4. The predicted octanol–water partition coefficient (Wildman–Crippen LogP) is 1.18. The van der Waals surface area contributed by atoms with Gasteiger partial charge in [0.05, 0.1) is 5.75 Å². The van der Waals surface area contributed by atoms with Crippen LogP contribution in [0.2, 0.25) is 0 Å². The van der Waals surface area contributed by atoms with E-state index in [9.17, 15) is 32.4 Å². The molecule has 2 heterocycles. The summed E-state index contributed by atoms with van der Waals surface area (Å²) in [5.41, 5.74) is -0.709. The number of ether oxygens (including phenoxy) is 3. The zero-order valence-corrected chi connectivity index (χ0v) is 24.6. The molecule has 3 rings (SSSR count). The highest BCUT2D eigenvalue weighted by molar-refractivity contribution is 7.92. The number of carbonyl (C=O) groups excluding carboxylic acids is 5. The summed E-state index contributed by atoms with van der Waals surface area (Å²) in [6, 6.07) is 6.21. The average Bonchev–Trinajstić information content (AvgIpc) is 2.86. The number of amides is 3. The molecule has 3 amide bonds. The fourth-order valence-corrected chi connectivity index (χ4v) is 6.31. The van der Waals surface area contributed by atoms with Crippen molar-refractivity contribution in [3.8, 4) is 0 Å². The molecule has 224 valence electrons. The van der Waals surface area contributed by atoms with Gasteiger partial charge >= 0.3 is 18.0 Å². The van der Waals surface area contributed by atoms with Crippen LogP contribution in [-0.2, 0) is 49.8 Å². The Morgan fingerprint density at radius 2 is 1.68 bits per heavy atom. The van der Waals surface area contributed by atoms with Crippen molar-refractivity contribution < 1.29 is 46.6 Å². The summed E-state index contributed by atoms with van der Waals surface area (Å²) in [6.07, 6.45) is -0.875. The molecule has 0 saturated carbocycles. The summed E-state index contributed by atoms with van der Waals surface area (Å²) in [5.74, 6) is -4.52. The third-order valence-electron chi connectivity index (χ3n) is 6.14. The number of sulfone groups is 1. The van der Waals surface area contributed by atoms with E-state index in [1.54, 1.807) is 58.9 Å². The lowest BCUT2D eigenvalue weighted by Crippen LogP contribution is -2.75. The van der Waals surface area contributed by atoms with Gasteiger partial charge in [-0.05, 0) is 32.3 Å². The topological polar surface area (TPSA) is 174 Å². The second kappa shape index (κ2) is 12.3. The van der Waals surface area contributed by atoms with E-state index in [-0.39, 0.29) is 17.9 Å². The molecule has 2 N–H and O–H groups in total. The molecule has 1 aromatic carbocycles. The van der Waals surface area contributed by atoms with Crippen LogP contribution >= 0.6 is 0 Å². The molecule has 1 saturated heterocycles. The van der Waals surface area contributed by atoms with E-state index in [1.807, 2.05) is 6.07 Å². The number of fused-ring (bicyclic) bond motifs is 1. The van der Waals surface area contributed by atoms with Gasteiger partial charge in [0.2, 0.25) is 5.91 Å². The fourth-order valence-electron chi connectivity index (χ4n) is 4.31. The SMILES string of the molecule is CC(=O)OCC1=C(C(=O)OC(C)(C)C)N2C(=O)[C@@H](NC(=O)[C@H](NC(=O)OCc3ccccc3)C(C)C)[C@H]2S(=O)(=O)C1. The van der Waals surface area contributed by atoms with Gasteiger partial charge in [-0.2, -0.15) is 0 Å². The predicted molar refractivity (Wildman–Crippen MR) is 144 cm³/mol. The molecule has 14 heteroatoms. The molecule has 0 bridgehead atoms. The van der Waals surface area contributed by atoms with E-state index in [1.165, 1.54) is 0 Å². The van der Waals surface area contributed by atoms with Crippen molar-refractivity contribution in [1.82, 2.24) is 15.5 Å². The molecule has 0 spiro atoms. The van der Waals surface area contributed by atoms with Crippen LogP contribution in [0.1, 0.15) is 47.1 Å². The van der Waals surface area contributed by atoms with E-state index >= 15 is 0 Å². The van der Waals surface area contributed by atoms with Crippen LogP contribution in [0.5, 0.6) is 0 Å². The van der Waals surface area contributed by atoms with Gasteiger partial charge in [-0.1, -0.05) is 44.2 Å². The summed E-state index contributed by atoms with van der Waals surface area (Å²) in [4.78, 5) is 64.0. The molecule has 1 aromatic rings. The first-order chi connectivity index (χ1) is 19.0. The average molecular weight is 594 g/mol. The smallest absolute Gasteiger partial charge is 0.408 e. The van der Waals surface area contributed by atoms with Gasteiger partial charge in [0.1, 0.15) is 36.6 Å². The standard InChI is InChI=1S/C27H35N3O10S/c1-15(2)19(29-26(35)39-12-17-10-8-7-9-11-17)22(32)28-20-23(33)30-21(25(34)40-27(4,5)6)18(13-38-16(3)31)14-41(36,37)24(20)30/h7-11,15,19-20,24H,12-14H2,1-6H3,(H,28,32)(H,29,35)/t19-,20-,24-/m1/s1. The molecule has 0 unspecified atom stereocenters. The van der Waals surface area contributed by atoms with Crippen molar-refractivity contribution in [2.24, 2.45) is 5.92 Å². The number of hydrogen-bond acceptors (Lipinski definition) is 10. The van der Waals surface area contributed by atoms with Crippen LogP contribution in [-0.4, -0.2) is 78.6 Å². The van der Waals surface area contributed by atoms with E-state index < -0.39 is 81.0 Å². The van der Waals surface area contributed by atoms with Gasteiger partial charge < -0.3 is 24.8 Å². The van der Waals surface area contributed by atoms with Crippen LogP contribution in [0, 0.1) is 5.92 Å². The number of nitrogens with one attached hydrogen (secondary N) is 2. The van der Waals surface area contributed by atoms with Crippen molar-refractivity contribution in [2.75, 3.05) is 12.4 Å². The number of rotatable bonds is 9.